The molecular formula is C15H10F4N2. The summed E-state index contributed by atoms with van der Waals surface area (Å²) in [5.74, 6) is -0.400. The lowest BCUT2D eigenvalue weighted by molar-refractivity contribution is -0.137. The average Bonchev–Trinajstić information content (AvgIpc) is 2.40. The number of anilines is 2. The summed E-state index contributed by atoms with van der Waals surface area (Å²) in [6.45, 7) is 1.67. The number of nitriles is 1. The van der Waals surface area contributed by atoms with E-state index < -0.39 is 23.1 Å². The van der Waals surface area contributed by atoms with Gasteiger partial charge in [-0.15, -0.1) is 0 Å². The topological polar surface area (TPSA) is 35.8 Å². The van der Waals surface area contributed by atoms with Gasteiger partial charge in [-0.2, -0.15) is 18.4 Å². The molecule has 2 rings (SSSR count). The summed E-state index contributed by atoms with van der Waals surface area (Å²) < 4.78 is 51.1. The van der Waals surface area contributed by atoms with Crippen molar-refractivity contribution in [3.05, 3.63) is 58.9 Å². The number of halogens is 4. The second-order valence-electron chi connectivity index (χ2n) is 4.45. The fourth-order valence-corrected chi connectivity index (χ4v) is 1.88. The third-order valence-corrected chi connectivity index (χ3v) is 2.91. The Kier molecular flexibility index (Phi) is 3.85. The first kappa shape index (κ1) is 14.9. The van der Waals surface area contributed by atoms with Gasteiger partial charge >= 0.3 is 6.18 Å². The fourth-order valence-electron chi connectivity index (χ4n) is 1.88. The Hall–Kier alpha value is -2.55. The highest BCUT2D eigenvalue weighted by Gasteiger charge is 2.33. The maximum Gasteiger partial charge on any atom is 0.417 e. The highest BCUT2D eigenvalue weighted by molar-refractivity contribution is 5.65. The van der Waals surface area contributed by atoms with Crippen molar-refractivity contribution in [1.82, 2.24) is 0 Å². The molecule has 0 saturated carbocycles. The zero-order chi connectivity index (χ0) is 15.6. The standard InChI is InChI=1S/C15H10F4N2/c1-9-6-11(16)2-5-14(9)21-12-3-4-13(15(17,18)19)10(7-12)8-20/h2-7,21H,1H3. The normalized spacial score (nSPS) is 11.0. The maximum absolute atomic E-state index is 13.0. The van der Waals surface area contributed by atoms with E-state index >= 15 is 0 Å². The molecule has 1 N–H and O–H groups in total. The van der Waals surface area contributed by atoms with Gasteiger partial charge < -0.3 is 5.32 Å². The van der Waals surface area contributed by atoms with E-state index in [0.29, 0.717) is 16.9 Å². The molecular weight excluding hydrogens is 284 g/mol. The molecule has 0 bridgehead atoms. The molecule has 0 fully saturated rings. The van der Waals surface area contributed by atoms with Crippen LogP contribution in [0.25, 0.3) is 0 Å². The molecule has 0 aromatic heterocycles. The van der Waals surface area contributed by atoms with Crippen LogP contribution in [0.1, 0.15) is 16.7 Å². The largest absolute Gasteiger partial charge is 0.417 e. The average molecular weight is 294 g/mol. The van der Waals surface area contributed by atoms with Crippen LogP contribution in [0.3, 0.4) is 0 Å². The molecule has 108 valence electrons. The lowest BCUT2D eigenvalue weighted by atomic mass is 10.1. The van der Waals surface area contributed by atoms with Gasteiger partial charge in [-0.3, -0.25) is 0 Å². The number of benzene rings is 2. The van der Waals surface area contributed by atoms with Crippen LogP contribution in [0.2, 0.25) is 0 Å². The SMILES string of the molecule is Cc1cc(F)ccc1Nc1ccc(C(F)(F)F)c(C#N)c1. The molecule has 0 aliphatic heterocycles. The van der Waals surface area contributed by atoms with Gasteiger partial charge in [0, 0.05) is 11.4 Å². The number of hydrogen-bond donors (Lipinski definition) is 1. The molecule has 0 unspecified atom stereocenters. The predicted molar refractivity (Wildman–Crippen MR) is 70.6 cm³/mol. The molecule has 0 heterocycles. The second-order valence-corrected chi connectivity index (χ2v) is 4.45. The van der Waals surface area contributed by atoms with Crippen molar-refractivity contribution in [2.45, 2.75) is 13.1 Å². The van der Waals surface area contributed by atoms with E-state index in [1.54, 1.807) is 6.92 Å². The minimum atomic E-state index is -4.57. The van der Waals surface area contributed by atoms with Gasteiger partial charge in [0.2, 0.25) is 0 Å². The molecule has 0 atom stereocenters. The first-order chi connectivity index (χ1) is 9.81. The van der Waals surface area contributed by atoms with Crippen LogP contribution in [-0.4, -0.2) is 0 Å². The zero-order valence-electron chi connectivity index (χ0n) is 10.9. The summed E-state index contributed by atoms with van der Waals surface area (Å²) in [6.07, 6.45) is -4.57. The summed E-state index contributed by atoms with van der Waals surface area (Å²) in [7, 11) is 0. The first-order valence-corrected chi connectivity index (χ1v) is 5.96. The number of rotatable bonds is 2. The van der Waals surface area contributed by atoms with Crippen molar-refractivity contribution in [2.24, 2.45) is 0 Å². The van der Waals surface area contributed by atoms with Crippen molar-refractivity contribution < 1.29 is 17.6 Å². The third-order valence-electron chi connectivity index (χ3n) is 2.91. The van der Waals surface area contributed by atoms with Gasteiger partial charge in [0.1, 0.15) is 5.82 Å². The van der Waals surface area contributed by atoms with Crippen molar-refractivity contribution >= 4 is 11.4 Å². The fraction of sp³-hybridized carbons (Fsp3) is 0.133. The van der Waals surface area contributed by atoms with Crippen molar-refractivity contribution in [3.8, 4) is 6.07 Å². The lowest BCUT2D eigenvalue weighted by Gasteiger charge is -2.13. The van der Waals surface area contributed by atoms with E-state index in [1.165, 1.54) is 30.3 Å². The second kappa shape index (κ2) is 5.44. The quantitative estimate of drug-likeness (QED) is 0.810. The summed E-state index contributed by atoms with van der Waals surface area (Å²) in [5.41, 5.74) is 0.0429. The first-order valence-electron chi connectivity index (χ1n) is 5.96. The third kappa shape index (κ3) is 3.31. The number of hydrogen-bond acceptors (Lipinski definition) is 2. The van der Waals surface area contributed by atoms with Crippen LogP contribution in [-0.2, 0) is 6.18 Å². The van der Waals surface area contributed by atoms with Crippen molar-refractivity contribution in [3.63, 3.8) is 0 Å². The summed E-state index contributed by atoms with van der Waals surface area (Å²) in [5, 5.41) is 11.7. The highest BCUT2D eigenvalue weighted by atomic mass is 19.4. The molecule has 0 radical (unpaired) electrons. The summed E-state index contributed by atoms with van der Waals surface area (Å²) in [6, 6.07) is 8.75. The minimum absolute atomic E-state index is 0.328. The molecule has 0 amide bonds. The van der Waals surface area contributed by atoms with E-state index in [2.05, 4.69) is 5.32 Å². The summed E-state index contributed by atoms with van der Waals surface area (Å²) in [4.78, 5) is 0. The molecule has 21 heavy (non-hydrogen) atoms. The Bertz CT molecular complexity index is 715. The van der Waals surface area contributed by atoms with Gasteiger partial charge in [-0.25, -0.2) is 4.39 Å². The van der Waals surface area contributed by atoms with Gasteiger partial charge in [0.25, 0.3) is 0 Å². The molecule has 6 heteroatoms. The van der Waals surface area contributed by atoms with Crippen molar-refractivity contribution in [2.75, 3.05) is 5.32 Å². The van der Waals surface area contributed by atoms with E-state index in [9.17, 15) is 17.6 Å². The Labute approximate surface area is 118 Å². The summed E-state index contributed by atoms with van der Waals surface area (Å²) >= 11 is 0. The van der Waals surface area contributed by atoms with Crippen LogP contribution in [0.4, 0.5) is 28.9 Å². The molecule has 2 nitrogen and oxygen atoms in total. The monoisotopic (exact) mass is 294 g/mol. The predicted octanol–water partition coefficient (Wildman–Crippen LogP) is 4.77. The van der Waals surface area contributed by atoms with Crippen LogP contribution >= 0.6 is 0 Å². The van der Waals surface area contributed by atoms with E-state index in [4.69, 9.17) is 5.26 Å². The van der Waals surface area contributed by atoms with E-state index in [-0.39, 0.29) is 0 Å². The number of nitrogens with one attached hydrogen (secondary N) is 1. The molecule has 2 aromatic carbocycles. The van der Waals surface area contributed by atoms with Gasteiger partial charge in [0.05, 0.1) is 17.2 Å². The van der Waals surface area contributed by atoms with Gasteiger partial charge in [-0.05, 0) is 48.9 Å². The maximum atomic E-state index is 13.0. The number of nitrogens with zero attached hydrogens (tertiary/aromatic N) is 1. The Morgan fingerprint density at radius 1 is 1.10 bits per heavy atom. The van der Waals surface area contributed by atoms with E-state index in [1.807, 2.05) is 0 Å². The van der Waals surface area contributed by atoms with Gasteiger partial charge in [-0.1, -0.05) is 0 Å². The van der Waals surface area contributed by atoms with Crippen LogP contribution in [0.5, 0.6) is 0 Å². The Balaban J connectivity index is 2.36. The molecule has 0 aliphatic carbocycles. The number of alkyl halides is 3. The lowest BCUT2D eigenvalue weighted by Crippen LogP contribution is -2.08. The minimum Gasteiger partial charge on any atom is -0.355 e. The van der Waals surface area contributed by atoms with Crippen LogP contribution in [0.15, 0.2) is 36.4 Å². The van der Waals surface area contributed by atoms with Crippen LogP contribution in [0, 0.1) is 24.1 Å². The van der Waals surface area contributed by atoms with Gasteiger partial charge in [0.15, 0.2) is 0 Å². The number of aryl methyl sites for hydroxylation is 1. The Morgan fingerprint density at radius 2 is 1.81 bits per heavy atom. The van der Waals surface area contributed by atoms with E-state index in [0.717, 1.165) is 12.1 Å². The smallest absolute Gasteiger partial charge is 0.355 e. The molecule has 2 aromatic rings. The molecule has 0 saturated heterocycles. The molecule has 0 aliphatic rings. The molecule has 0 spiro atoms. The van der Waals surface area contributed by atoms with Crippen molar-refractivity contribution in [1.29, 1.82) is 5.26 Å². The van der Waals surface area contributed by atoms with Crippen LogP contribution < -0.4 is 5.32 Å². The highest BCUT2D eigenvalue weighted by Crippen LogP contribution is 2.33. The Morgan fingerprint density at radius 3 is 2.38 bits per heavy atom. The zero-order valence-corrected chi connectivity index (χ0v) is 10.9.